The number of aliphatic hydroxyl groups excluding tert-OH is 1. The highest BCUT2D eigenvalue weighted by atomic mass is 16.5. The fourth-order valence-electron chi connectivity index (χ4n) is 3.83. The maximum atomic E-state index is 12.8. The molecule has 12 nitrogen and oxygen atoms in total. The smallest absolute Gasteiger partial charge is 0.328 e. The number of amides is 1. The number of hydrogen-bond acceptors (Lipinski definition) is 9. The van der Waals surface area contributed by atoms with Crippen LogP contribution in [0.25, 0.3) is 11.0 Å². The van der Waals surface area contributed by atoms with Gasteiger partial charge in [-0.2, -0.15) is 0 Å². The molecule has 3 aromatic rings. The molecule has 37 heavy (non-hydrogen) atoms. The lowest BCUT2D eigenvalue weighted by Gasteiger charge is -2.18. The molecule has 0 radical (unpaired) electrons. The van der Waals surface area contributed by atoms with E-state index in [1.54, 1.807) is 38.1 Å². The minimum atomic E-state index is -1.02. The second-order valence-corrected chi connectivity index (χ2v) is 8.31. The van der Waals surface area contributed by atoms with Gasteiger partial charge in [0.2, 0.25) is 0 Å². The van der Waals surface area contributed by atoms with Crippen molar-refractivity contribution < 1.29 is 29.0 Å². The number of aromatic amines is 1. The van der Waals surface area contributed by atoms with Crippen LogP contribution in [-0.2, 0) is 25.6 Å². The molecule has 3 rings (SSSR count). The zero-order chi connectivity index (χ0) is 26.9. The maximum absolute atomic E-state index is 12.8. The number of H-pyrrole nitrogens is 1. The largest absolute Gasteiger partial charge is 0.466 e. The highest BCUT2D eigenvalue weighted by molar-refractivity contribution is 5.96. The van der Waals surface area contributed by atoms with Crippen LogP contribution >= 0.6 is 0 Å². The fourth-order valence-corrected chi connectivity index (χ4v) is 3.83. The SMILES string of the molecule is CCOC(=O)CCC(NC(=O)c1ccc(C(CO)Cn2cnc3[nH]c(N)cc3c2=O)cc1)C(=O)OCC. The van der Waals surface area contributed by atoms with Crippen LogP contribution in [0.2, 0.25) is 0 Å². The third-order valence-electron chi connectivity index (χ3n) is 5.74. The molecule has 0 spiro atoms. The Hall–Kier alpha value is -4.19. The monoisotopic (exact) mass is 513 g/mol. The molecule has 0 aliphatic rings. The van der Waals surface area contributed by atoms with Gasteiger partial charge in [0.05, 0.1) is 31.5 Å². The van der Waals surface area contributed by atoms with E-state index in [-0.39, 0.29) is 50.3 Å². The summed E-state index contributed by atoms with van der Waals surface area (Å²) in [6, 6.07) is 6.94. The van der Waals surface area contributed by atoms with Gasteiger partial charge in [0.25, 0.3) is 11.5 Å². The van der Waals surface area contributed by atoms with Crippen molar-refractivity contribution >= 4 is 34.7 Å². The number of nitrogens with one attached hydrogen (secondary N) is 2. The van der Waals surface area contributed by atoms with Crippen molar-refractivity contribution in [2.24, 2.45) is 0 Å². The Kier molecular flexibility index (Phi) is 9.39. The number of carbonyl (C=O) groups excluding carboxylic acids is 3. The Balaban J connectivity index is 1.70. The summed E-state index contributed by atoms with van der Waals surface area (Å²) in [5.41, 5.74) is 6.77. The quantitative estimate of drug-likeness (QED) is 0.258. The lowest BCUT2D eigenvalue weighted by Crippen LogP contribution is -2.42. The van der Waals surface area contributed by atoms with E-state index in [2.05, 4.69) is 15.3 Å². The van der Waals surface area contributed by atoms with Crippen molar-refractivity contribution in [3.8, 4) is 0 Å². The molecule has 0 saturated heterocycles. The first-order valence-electron chi connectivity index (χ1n) is 11.9. The summed E-state index contributed by atoms with van der Waals surface area (Å²) in [6.07, 6.45) is 1.37. The van der Waals surface area contributed by atoms with Gasteiger partial charge in [-0.3, -0.25) is 19.0 Å². The first-order chi connectivity index (χ1) is 17.8. The maximum Gasteiger partial charge on any atom is 0.328 e. The van der Waals surface area contributed by atoms with Gasteiger partial charge in [-0.05, 0) is 44.0 Å². The summed E-state index contributed by atoms with van der Waals surface area (Å²) >= 11 is 0. The normalized spacial score (nSPS) is 12.6. The van der Waals surface area contributed by atoms with Crippen LogP contribution in [0.15, 0.2) is 41.5 Å². The average molecular weight is 514 g/mol. The zero-order valence-electron chi connectivity index (χ0n) is 20.7. The topological polar surface area (TPSA) is 179 Å². The van der Waals surface area contributed by atoms with Crippen LogP contribution < -0.4 is 16.6 Å². The van der Waals surface area contributed by atoms with Gasteiger partial charge in [-0.15, -0.1) is 0 Å². The molecular formula is C25H31N5O7. The average Bonchev–Trinajstić information content (AvgIpc) is 3.27. The molecule has 0 saturated carbocycles. The van der Waals surface area contributed by atoms with E-state index in [1.165, 1.54) is 17.0 Å². The summed E-state index contributed by atoms with van der Waals surface area (Å²) in [4.78, 5) is 56.5. The van der Waals surface area contributed by atoms with E-state index < -0.39 is 29.8 Å². The predicted molar refractivity (Wildman–Crippen MR) is 135 cm³/mol. The molecule has 1 amide bonds. The van der Waals surface area contributed by atoms with Crippen molar-refractivity contribution in [3.05, 3.63) is 58.1 Å². The Morgan fingerprint density at radius 1 is 1.16 bits per heavy atom. The van der Waals surface area contributed by atoms with Crippen LogP contribution in [0.5, 0.6) is 0 Å². The molecule has 2 atom stereocenters. The number of benzene rings is 1. The van der Waals surface area contributed by atoms with Gasteiger partial charge in [-0.1, -0.05) is 12.1 Å². The third kappa shape index (κ3) is 6.94. The van der Waals surface area contributed by atoms with E-state index in [1.807, 2.05) is 0 Å². The number of ether oxygens (including phenoxy) is 2. The molecular weight excluding hydrogens is 482 g/mol. The Bertz CT molecular complexity index is 1300. The number of fused-ring (bicyclic) bond motifs is 1. The predicted octanol–water partition coefficient (Wildman–Crippen LogP) is 1.09. The van der Waals surface area contributed by atoms with Crippen LogP contribution in [0.4, 0.5) is 5.82 Å². The Morgan fingerprint density at radius 3 is 2.51 bits per heavy atom. The Morgan fingerprint density at radius 2 is 1.86 bits per heavy atom. The molecule has 0 aliphatic heterocycles. The second-order valence-electron chi connectivity index (χ2n) is 8.31. The lowest BCUT2D eigenvalue weighted by molar-refractivity contribution is -0.146. The molecule has 1 aromatic carbocycles. The van der Waals surface area contributed by atoms with Crippen molar-refractivity contribution in [3.63, 3.8) is 0 Å². The number of carbonyl (C=O) groups is 3. The molecule has 2 unspecified atom stereocenters. The van der Waals surface area contributed by atoms with Gasteiger partial charge in [0, 0.05) is 24.4 Å². The highest BCUT2D eigenvalue weighted by Gasteiger charge is 2.24. The molecule has 12 heteroatoms. The summed E-state index contributed by atoms with van der Waals surface area (Å²) in [5, 5.41) is 12.9. The van der Waals surface area contributed by atoms with E-state index in [0.717, 1.165) is 0 Å². The van der Waals surface area contributed by atoms with Gasteiger partial charge >= 0.3 is 11.9 Å². The number of rotatable bonds is 12. The summed E-state index contributed by atoms with van der Waals surface area (Å²) < 4.78 is 11.3. The van der Waals surface area contributed by atoms with Gasteiger partial charge in [0.15, 0.2) is 0 Å². The number of anilines is 1. The van der Waals surface area contributed by atoms with E-state index in [4.69, 9.17) is 15.2 Å². The fraction of sp³-hybridized carbons (Fsp3) is 0.400. The highest BCUT2D eigenvalue weighted by Crippen LogP contribution is 2.19. The van der Waals surface area contributed by atoms with Gasteiger partial charge in [0.1, 0.15) is 17.5 Å². The zero-order valence-corrected chi connectivity index (χ0v) is 20.7. The van der Waals surface area contributed by atoms with E-state index >= 15 is 0 Å². The van der Waals surface area contributed by atoms with Crippen LogP contribution in [0, 0.1) is 0 Å². The number of nitrogens with two attached hydrogens (primary N) is 1. The summed E-state index contributed by atoms with van der Waals surface area (Å²) in [5.74, 6) is -1.75. The van der Waals surface area contributed by atoms with Crippen LogP contribution in [0.1, 0.15) is 48.5 Å². The van der Waals surface area contributed by atoms with E-state index in [0.29, 0.717) is 22.4 Å². The number of nitrogen functional groups attached to an aromatic ring is 1. The minimum absolute atomic E-state index is 0.0357. The standard InChI is InChI=1S/C25H31N5O7/c1-3-36-21(32)10-9-19(25(35)37-4-2)28-23(33)16-7-5-15(6-8-16)17(13-31)12-30-14-27-22-18(24(30)34)11-20(26)29-22/h5-8,11,14,17,19,29,31H,3-4,9-10,12-13,26H2,1-2H3,(H,28,33). The molecule has 198 valence electrons. The second kappa shape index (κ2) is 12.7. The van der Waals surface area contributed by atoms with Crippen molar-refractivity contribution in [2.45, 2.75) is 45.2 Å². The molecule has 2 aromatic heterocycles. The number of aliphatic hydroxyl groups is 1. The number of aromatic nitrogens is 3. The molecule has 0 aliphatic carbocycles. The third-order valence-corrected chi connectivity index (χ3v) is 5.74. The summed E-state index contributed by atoms with van der Waals surface area (Å²) in [6.45, 7) is 3.59. The molecule has 2 heterocycles. The molecule has 5 N–H and O–H groups in total. The number of hydrogen-bond donors (Lipinski definition) is 4. The first-order valence-corrected chi connectivity index (χ1v) is 11.9. The van der Waals surface area contributed by atoms with Crippen molar-refractivity contribution in [1.82, 2.24) is 19.9 Å². The van der Waals surface area contributed by atoms with Crippen molar-refractivity contribution in [2.75, 3.05) is 25.6 Å². The molecule has 0 bridgehead atoms. The van der Waals surface area contributed by atoms with Crippen LogP contribution in [-0.4, -0.2) is 63.3 Å². The molecule has 0 fully saturated rings. The number of esters is 2. The first kappa shape index (κ1) is 27.4. The van der Waals surface area contributed by atoms with Crippen molar-refractivity contribution in [1.29, 1.82) is 0 Å². The van der Waals surface area contributed by atoms with E-state index in [9.17, 15) is 24.3 Å². The lowest BCUT2D eigenvalue weighted by atomic mass is 9.98. The summed E-state index contributed by atoms with van der Waals surface area (Å²) in [7, 11) is 0. The number of nitrogens with zero attached hydrogens (tertiary/aromatic N) is 2. The van der Waals surface area contributed by atoms with Crippen LogP contribution in [0.3, 0.4) is 0 Å². The Labute approximate surface area is 212 Å². The van der Waals surface area contributed by atoms with Gasteiger partial charge < -0.3 is 30.6 Å². The minimum Gasteiger partial charge on any atom is -0.466 e. The van der Waals surface area contributed by atoms with Gasteiger partial charge in [-0.25, -0.2) is 9.78 Å².